The van der Waals surface area contributed by atoms with E-state index >= 15 is 0 Å². The molecule has 0 N–H and O–H groups in total. The van der Waals surface area contributed by atoms with Crippen LogP contribution in [0.1, 0.15) is 0 Å². The molecule has 28 valence electrons. The maximum atomic E-state index is 0. The van der Waals surface area contributed by atoms with Gasteiger partial charge in [-0.05, 0) is 0 Å². The molecule has 0 aliphatic rings. The Bertz CT molecular complexity index is 6.00. The normalized spacial score (nSPS) is 0. The van der Waals surface area contributed by atoms with Crippen molar-refractivity contribution in [1.82, 2.24) is 0 Å². The van der Waals surface area contributed by atoms with Gasteiger partial charge in [-0.15, -0.1) is 0 Å². The van der Waals surface area contributed by atoms with Gasteiger partial charge in [-0.1, -0.05) is 0 Å². The first-order valence-electron chi connectivity index (χ1n) is 0. The van der Waals surface area contributed by atoms with Gasteiger partial charge in [0.05, 0.1) is 0 Å². The molecule has 0 atom stereocenters. The fourth-order valence-corrected chi connectivity index (χ4v) is 0. The molecule has 0 saturated carbocycles. The molecule has 0 aliphatic heterocycles. The van der Waals surface area contributed by atoms with E-state index in [1.54, 1.807) is 0 Å². The van der Waals surface area contributed by atoms with E-state index in [-0.39, 0.29) is 72.3 Å². The first kappa shape index (κ1) is 34.1. The molecule has 0 aromatic carbocycles. The molecule has 0 heterocycles. The summed E-state index contributed by atoms with van der Waals surface area (Å²) in [6.07, 6.45) is 0. The number of rotatable bonds is 0. The summed E-state index contributed by atoms with van der Waals surface area (Å²) in [4.78, 5) is 0. The minimum atomic E-state index is 0. The molecule has 0 saturated heterocycles. The van der Waals surface area contributed by atoms with E-state index in [9.17, 15) is 0 Å². The van der Waals surface area contributed by atoms with Gasteiger partial charge in [0, 0.05) is 37.6 Å². The van der Waals surface area contributed by atoms with Gasteiger partial charge in [-0.25, -0.2) is 0 Å². The predicted molar refractivity (Wildman–Crippen MR) is 19.9 cm³/mol. The molecular formula is H6Al2MoNi. The molecule has 4 heteroatoms. The maximum Gasteiger partial charge on any atom is 0.187 e. The first-order valence-corrected chi connectivity index (χ1v) is 0. The molecule has 0 aromatic heterocycles. The zero-order chi connectivity index (χ0) is 0. The molecule has 0 rings (SSSR count). The van der Waals surface area contributed by atoms with Crippen molar-refractivity contribution in [3.05, 3.63) is 0 Å². The molecule has 0 fully saturated rings. The zero-order valence-corrected chi connectivity index (χ0v) is 3.72. The van der Waals surface area contributed by atoms with Gasteiger partial charge in [0.1, 0.15) is 0 Å². The number of hydrogen-bond donors (Lipinski definition) is 0. The van der Waals surface area contributed by atoms with Gasteiger partial charge in [-0.3, -0.25) is 0 Å². The first-order chi connectivity index (χ1) is 0. The van der Waals surface area contributed by atoms with Crippen molar-refractivity contribution < 1.29 is 37.6 Å². The van der Waals surface area contributed by atoms with Crippen LogP contribution in [0.2, 0.25) is 0 Å². The Balaban J connectivity index is 0. The average Bonchev–Trinajstić information content (AvgIpc) is 0. The second-order valence-electron chi connectivity index (χ2n) is 0. The minimum Gasteiger partial charge on any atom is 0 e. The van der Waals surface area contributed by atoms with Crippen LogP contribution >= 0.6 is 0 Å². The molecule has 0 aliphatic carbocycles. The topological polar surface area (TPSA) is 0 Å². The van der Waals surface area contributed by atoms with Crippen LogP contribution in [0.4, 0.5) is 0 Å². The third kappa shape index (κ3) is 8.87. The van der Waals surface area contributed by atoms with Crippen molar-refractivity contribution in [2.75, 3.05) is 0 Å². The Hall–Kier alpha value is 2.25. The van der Waals surface area contributed by atoms with Crippen molar-refractivity contribution in [2.24, 2.45) is 0 Å². The fraction of sp³-hybridized carbons (Fsp3) is 0. The Morgan fingerprint density at radius 2 is 0.750 bits per heavy atom. The maximum absolute atomic E-state index is 0. The summed E-state index contributed by atoms with van der Waals surface area (Å²) >= 11 is 0. The molecule has 4 heavy (non-hydrogen) atoms. The second-order valence-corrected chi connectivity index (χ2v) is 0. The van der Waals surface area contributed by atoms with Gasteiger partial charge in [0.2, 0.25) is 0 Å². The third-order valence-electron chi connectivity index (χ3n) is 0. The summed E-state index contributed by atoms with van der Waals surface area (Å²) in [6, 6.07) is 0. The van der Waals surface area contributed by atoms with Crippen LogP contribution < -0.4 is 0 Å². The van der Waals surface area contributed by atoms with Crippen LogP contribution in [-0.4, -0.2) is 34.7 Å². The summed E-state index contributed by atoms with van der Waals surface area (Å²) < 4.78 is 0. The quantitative estimate of drug-likeness (QED) is 0.396. The molecule has 0 radical (unpaired) electrons. The van der Waals surface area contributed by atoms with E-state index in [4.69, 9.17) is 0 Å². The average molecular weight is 215 g/mol. The monoisotopic (exact) mass is 216 g/mol. The predicted octanol–water partition coefficient (Wildman–Crippen LogP) is -2.37. The second kappa shape index (κ2) is 18.7. The summed E-state index contributed by atoms with van der Waals surface area (Å²) in [5, 5.41) is 0. The molecule has 0 nitrogen and oxygen atoms in total. The zero-order valence-electron chi connectivity index (χ0n) is 0.724. The van der Waals surface area contributed by atoms with Crippen LogP contribution in [0.5, 0.6) is 0 Å². The Morgan fingerprint density at radius 3 is 0.750 bits per heavy atom. The van der Waals surface area contributed by atoms with Gasteiger partial charge in [0.25, 0.3) is 0 Å². The van der Waals surface area contributed by atoms with E-state index in [2.05, 4.69) is 0 Å². The molecule has 0 aromatic rings. The van der Waals surface area contributed by atoms with Gasteiger partial charge >= 0.3 is 0 Å². The minimum absolute atomic E-state index is 0. The summed E-state index contributed by atoms with van der Waals surface area (Å²) in [5.41, 5.74) is 0. The van der Waals surface area contributed by atoms with E-state index in [0.717, 1.165) is 0 Å². The Morgan fingerprint density at radius 1 is 0.750 bits per heavy atom. The Kier molecular flexibility index (Phi) is 160. The van der Waals surface area contributed by atoms with E-state index in [0.29, 0.717) is 0 Å². The largest absolute Gasteiger partial charge is 0.187 e. The number of hydrogen-bond acceptors (Lipinski definition) is 0. The standard InChI is InChI=1S/2Al.Mo.Ni.6H. The van der Waals surface area contributed by atoms with E-state index in [1.165, 1.54) is 0 Å². The van der Waals surface area contributed by atoms with E-state index in [1.807, 2.05) is 0 Å². The molecule has 0 bridgehead atoms. The summed E-state index contributed by atoms with van der Waals surface area (Å²) in [7, 11) is 0. The van der Waals surface area contributed by atoms with Gasteiger partial charge < -0.3 is 0 Å². The Labute approximate surface area is 71.6 Å². The smallest absolute Gasteiger partial charge is 0 e. The molecular weight excluding hydrogens is 209 g/mol. The van der Waals surface area contributed by atoms with Crippen molar-refractivity contribution in [1.29, 1.82) is 0 Å². The van der Waals surface area contributed by atoms with Crippen LogP contribution in [0, 0.1) is 0 Å². The van der Waals surface area contributed by atoms with Crippen LogP contribution in [0.15, 0.2) is 0 Å². The molecule has 0 spiro atoms. The van der Waals surface area contributed by atoms with Crippen molar-refractivity contribution in [3.8, 4) is 0 Å². The summed E-state index contributed by atoms with van der Waals surface area (Å²) in [5.74, 6) is 0. The van der Waals surface area contributed by atoms with Gasteiger partial charge in [-0.2, -0.15) is 0 Å². The SMILES string of the molecule is [AlH3].[AlH3].[Mo].[Ni]. The van der Waals surface area contributed by atoms with Crippen molar-refractivity contribution in [3.63, 3.8) is 0 Å². The van der Waals surface area contributed by atoms with Gasteiger partial charge in [0.15, 0.2) is 34.7 Å². The van der Waals surface area contributed by atoms with Crippen LogP contribution in [0.3, 0.4) is 0 Å². The molecule has 0 unspecified atom stereocenters. The van der Waals surface area contributed by atoms with Crippen LogP contribution in [-0.2, 0) is 37.6 Å². The third-order valence-corrected chi connectivity index (χ3v) is 0. The van der Waals surface area contributed by atoms with E-state index < -0.39 is 0 Å². The fourth-order valence-electron chi connectivity index (χ4n) is 0. The molecule has 0 amide bonds. The van der Waals surface area contributed by atoms with Crippen molar-refractivity contribution in [2.45, 2.75) is 0 Å². The van der Waals surface area contributed by atoms with Crippen LogP contribution in [0.25, 0.3) is 0 Å². The van der Waals surface area contributed by atoms with Crippen molar-refractivity contribution >= 4 is 34.7 Å². The summed E-state index contributed by atoms with van der Waals surface area (Å²) in [6.45, 7) is 0.